The van der Waals surface area contributed by atoms with Crippen LogP contribution in [0.25, 0.3) is 0 Å². The largest absolute Gasteiger partial charge is 0.480 e. The highest BCUT2D eigenvalue weighted by Crippen LogP contribution is 2.32. The van der Waals surface area contributed by atoms with E-state index in [2.05, 4.69) is 11.2 Å². The first kappa shape index (κ1) is 16.1. The highest BCUT2D eigenvalue weighted by molar-refractivity contribution is 5.81. The zero-order valence-corrected chi connectivity index (χ0v) is 13.8. The van der Waals surface area contributed by atoms with Gasteiger partial charge in [-0.3, -0.25) is 9.48 Å². The lowest BCUT2D eigenvalue weighted by atomic mass is 10.1. The van der Waals surface area contributed by atoms with Crippen LogP contribution in [-0.4, -0.2) is 33.2 Å². The summed E-state index contributed by atoms with van der Waals surface area (Å²) in [4.78, 5) is 14.7. The van der Waals surface area contributed by atoms with Crippen LogP contribution in [0.1, 0.15) is 36.9 Å². The minimum Gasteiger partial charge on any atom is -0.480 e. The number of aryl methyl sites for hydroxylation is 1. The second-order valence-corrected chi connectivity index (χ2v) is 6.01. The summed E-state index contributed by atoms with van der Waals surface area (Å²) in [6, 6.07) is 9.09. The molecule has 1 aliphatic heterocycles. The number of benzene rings is 1. The summed E-state index contributed by atoms with van der Waals surface area (Å²) in [6.07, 6.45) is 5.02. The van der Waals surface area contributed by atoms with Gasteiger partial charge in [0.25, 0.3) is 5.91 Å². The van der Waals surface area contributed by atoms with Gasteiger partial charge in [-0.25, -0.2) is 0 Å². The number of rotatable bonds is 4. The predicted octanol–water partition coefficient (Wildman–Crippen LogP) is 2.42. The molecule has 6 nitrogen and oxygen atoms in total. The summed E-state index contributed by atoms with van der Waals surface area (Å²) in [5.41, 5.74) is 1.48. The molecule has 2 atom stereocenters. The van der Waals surface area contributed by atoms with Crippen LogP contribution in [0.2, 0.25) is 0 Å². The Morgan fingerprint density at radius 3 is 2.96 bits per heavy atom. The lowest BCUT2D eigenvalue weighted by molar-refractivity contribution is -0.138. The van der Waals surface area contributed by atoms with Gasteiger partial charge in [0.05, 0.1) is 17.8 Å². The lowest BCUT2D eigenvalue weighted by Gasteiger charge is -2.27. The van der Waals surface area contributed by atoms with E-state index in [1.54, 1.807) is 35.9 Å². The molecule has 0 radical (unpaired) electrons. The molecule has 6 heteroatoms. The first-order chi connectivity index (χ1) is 11.6. The summed E-state index contributed by atoms with van der Waals surface area (Å²) in [5.74, 6) is 0.382. The van der Waals surface area contributed by atoms with Crippen molar-refractivity contribution in [1.82, 2.24) is 14.7 Å². The average Bonchev–Trinajstić information content (AvgIpc) is 3.23. The topological polar surface area (TPSA) is 71.2 Å². The van der Waals surface area contributed by atoms with Gasteiger partial charge in [0.2, 0.25) is 0 Å². The first-order valence-corrected chi connectivity index (χ1v) is 8.05. The number of nitrogens with zero attached hydrogens (tertiary/aromatic N) is 4. The third-order valence-electron chi connectivity index (χ3n) is 4.30. The van der Waals surface area contributed by atoms with Gasteiger partial charge in [0.15, 0.2) is 6.10 Å². The quantitative estimate of drug-likeness (QED) is 0.866. The van der Waals surface area contributed by atoms with E-state index in [9.17, 15) is 4.79 Å². The van der Waals surface area contributed by atoms with Crippen LogP contribution < -0.4 is 4.74 Å². The lowest BCUT2D eigenvalue weighted by Crippen LogP contribution is -2.40. The van der Waals surface area contributed by atoms with Crippen molar-refractivity contribution in [2.24, 2.45) is 7.05 Å². The normalized spacial score (nSPS) is 18.2. The Labute approximate surface area is 141 Å². The molecule has 1 aromatic heterocycles. The van der Waals surface area contributed by atoms with Crippen LogP contribution in [0.4, 0.5) is 0 Å². The molecule has 24 heavy (non-hydrogen) atoms. The van der Waals surface area contributed by atoms with Crippen LogP contribution in [0.3, 0.4) is 0 Å². The monoisotopic (exact) mass is 324 g/mol. The third kappa shape index (κ3) is 3.11. The Balaban J connectivity index is 1.74. The Bertz CT molecular complexity index is 777. The van der Waals surface area contributed by atoms with E-state index in [1.807, 2.05) is 24.3 Å². The van der Waals surface area contributed by atoms with Gasteiger partial charge >= 0.3 is 0 Å². The molecule has 124 valence electrons. The van der Waals surface area contributed by atoms with Crippen LogP contribution in [0.15, 0.2) is 36.7 Å². The fraction of sp³-hybridized carbons (Fsp3) is 0.389. The highest BCUT2D eigenvalue weighted by Gasteiger charge is 2.34. The molecule has 0 spiro atoms. The molecule has 1 fully saturated rings. The van der Waals surface area contributed by atoms with E-state index >= 15 is 0 Å². The fourth-order valence-corrected chi connectivity index (χ4v) is 3.13. The molecule has 1 saturated heterocycles. The smallest absolute Gasteiger partial charge is 0.263 e. The molecular weight excluding hydrogens is 304 g/mol. The Hall–Kier alpha value is -2.81. The van der Waals surface area contributed by atoms with Gasteiger partial charge in [-0.2, -0.15) is 10.4 Å². The van der Waals surface area contributed by atoms with Gasteiger partial charge in [0.1, 0.15) is 11.8 Å². The number of ether oxygens (including phenoxy) is 1. The number of likely N-dealkylation sites (tertiary alicyclic amines) is 1. The van der Waals surface area contributed by atoms with Gasteiger partial charge in [0, 0.05) is 25.4 Å². The van der Waals surface area contributed by atoms with E-state index in [1.165, 1.54) is 0 Å². The van der Waals surface area contributed by atoms with Crippen molar-refractivity contribution >= 4 is 5.91 Å². The molecule has 0 N–H and O–H groups in total. The van der Waals surface area contributed by atoms with Crippen molar-refractivity contribution in [3.63, 3.8) is 0 Å². The number of hydrogen-bond acceptors (Lipinski definition) is 4. The number of aromatic nitrogens is 2. The van der Waals surface area contributed by atoms with E-state index in [4.69, 9.17) is 10.00 Å². The second-order valence-electron chi connectivity index (χ2n) is 6.01. The average molecular weight is 324 g/mol. The zero-order valence-electron chi connectivity index (χ0n) is 13.8. The maximum absolute atomic E-state index is 12.8. The van der Waals surface area contributed by atoms with Crippen molar-refractivity contribution in [2.45, 2.75) is 31.9 Å². The molecule has 3 rings (SSSR count). The first-order valence-electron chi connectivity index (χ1n) is 8.05. The van der Waals surface area contributed by atoms with Gasteiger partial charge < -0.3 is 9.64 Å². The van der Waals surface area contributed by atoms with E-state index in [0.29, 0.717) is 17.9 Å². The zero-order chi connectivity index (χ0) is 17.1. The van der Waals surface area contributed by atoms with Crippen molar-refractivity contribution in [3.05, 3.63) is 47.8 Å². The SMILES string of the molecule is C[C@H](Oc1ccccc1C#N)C(=O)N1CCC[C@H]1c1cnn(C)c1. The second kappa shape index (κ2) is 6.75. The van der Waals surface area contributed by atoms with Crippen molar-refractivity contribution in [3.8, 4) is 11.8 Å². The van der Waals surface area contributed by atoms with Gasteiger partial charge in [-0.1, -0.05) is 12.1 Å². The Morgan fingerprint density at radius 1 is 1.46 bits per heavy atom. The van der Waals surface area contributed by atoms with Crippen LogP contribution in [-0.2, 0) is 11.8 Å². The summed E-state index contributed by atoms with van der Waals surface area (Å²) in [5, 5.41) is 13.3. The van der Waals surface area contributed by atoms with Crippen molar-refractivity contribution in [1.29, 1.82) is 5.26 Å². The van der Waals surface area contributed by atoms with Crippen LogP contribution >= 0.6 is 0 Å². The van der Waals surface area contributed by atoms with Crippen molar-refractivity contribution < 1.29 is 9.53 Å². The maximum atomic E-state index is 12.8. The molecule has 0 unspecified atom stereocenters. The Kier molecular flexibility index (Phi) is 4.52. The molecule has 1 amide bonds. The summed E-state index contributed by atoms with van der Waals surface area (Å²) in [7, 11) is 1.87. The van der Waals surface area contributed by atoms with E-state index < -0.39 is 6.10 Å². The molecule has 0 bridgehead atoms. The number of carbonyl (C=O) groups is 1. The summed E-state index contributed by atoms with van der Waals surface area (Å²) < 4.78 is 7.51. The number of nitriles is 1. The standard InChI is InChI=1S/C18H20N4O2/c1-13(24-17-8-4-3-6-14(17)10-19)18(23)22-9-5-7-16(22)15-11-20-21(2)12-15/h3-4,6,8,11-13,16H,5,7,9H2,1-2H3/t13-,16-/m0/s1. The van der Waals surface area contributed by atoms with Crippen LogP contribution in [0.5, 0.6) is 5.75 Å². The molecule has 2 aromatic rings. The fourth-order valence-electron chi connectivity index (χ4n) is 3.13. The molecule has 1 aliphatic rings. The van der Waals surface area contributed by atoms with E-state index in [0.717, 1.165) is 18.4 Å². The summed E-state index contributed by atoms with van der Waals surface area (Å²) >= 11 is 0. The number of amides is 1. The minimum atomic E-state index is -0.642. The highest BCUT2D eigenvalue weighted by atomic mass is 16.5. The predicted molar refractivity (Wildman–Crippen MR) is 88.1 cm³/mol. The van der Waals surface area contributed by atoms with Gasteiger partial charge in [-0.15, -0.1) is 0 Å². The number of carbonyl (C=O) groups excluding carboxylic acids is 1. The third-order valence-corrected chi connectivity index (χ3v) is 4.30. The Morgan fingerprint density at radius 2 is 2.25 bits per heavy atom. The minimum absolute atomic E-state index is 0.0449. The number of para-hydroxylation sites is 1. The van der Waals surface area contributed by atoms with Crippen LogP contribution in [0, 0.1) is 11.3 Å². The maximum Gasteiger partial charge on any atom is 0.263 e. The van der Waals surface area contributed by atoms with Gasteiger partial charge in [-0.05, 0) is 31.9 Å². The molecule has 1 aromatic carbocycles. The molecule has 2 heterocycles. The number of hydrogen-bond donors (Lipinski definition) is 0. The van der Waals surface area contributed by atoms with Crippen molar-refractivity contribution in [2.75, 3.05) is 6.54 Å². The van der Waals surface area contributed by atoms with E-state index in [-0.39, 0.29) is 11.9 Å². The molecular formula is C18H20N4O2. The molecule has 0 aliphatic carbocycles. The summed E-state index contributed by atoms with van der Waals surface area (Å²) in [6.45, 7) is 2.45. The molecule has 0 saturated carbocycles.